The summed E-state index contributed by atoms with van der Waals surface area (Å²) in [6.07, 6.45) is 3.38. The van der Waals surface area contributed by atoms with Gasteiger partial charge in [-0.25, -0.2) is 4.98 Å². The van der Waals surface area contributed by atoms with E-state index in [9.17, 15) is 5.11 Å². The van der Waals surface area contributed by atoms with Gasteiger partial charge in [-0.3, -0.25) is 4.90 Å². The summed E-state index contributed by atoms with van der Waals surface area (Å²) in [4.78, 5) is 8.26. The van der Waals surface area contributed by atoms with E-state index in [0.717, 1.165) is 30.2 Å². The summed E-state index contributed by atoms with van der Waals surface area (Å²) in [6, 6.07) is 0.325. The molecule has 1 aromatic rings. The van der Waals surface area contributed by atoms with Gasteiger partial charge >= 0.3 is 0 Å². The van der Waals surface area contributed by atoms with Gasteiger partial charge in [-0.05, 0) is 40.2 Å². The zero-order valence-corrected chi connectivity index (χ0v) is 11.8. The van der Waals surface area contributed by atoms with Crippen LogP contribution in [0.25, 0.3) is 0 Å². The average molecular weight is 254 g/mol. The van der Waals surface area contributed by atoms with E-state index in [0.29, 0.717) is 6.04 Å². The Balaban J connectivity index is 2.08. The predicted octanol–water partition coefficient (Wildman–Crippen LogP) is 2.50. The first-order valence-electron chi connectivity index (χ1n) is 6.43. The maximum atomic E-state index is 9.85. The van der Waals surface area contributed by atoms with Crippen LogP contribution in [-0.4, -0.2) is 33.7 Å². The summed E-state index contributed by atoms with van der Waals surface area (Å²) in [6.45, 7) is 8.11. The molecule has 0 radical (unpaired) electrons. The van der Waals surface area contributed by atoms with Gasteiger partial charge in [0.25, 0.3) is 0 Å². The molecule has 0 amide bonds. The molecule has 2 heterocycles. The highest BCUT2D eigenvalue weighted by Gasteiger charge is 2.26. The first-order chi connectivity index (χ1) is 8.08. The number of thiazole rings is 1. The first-order valence-corrected chi connectivity index (χ1v) is 7.24. The number of piperidine rings is 1. The molecule has 1 aromatic heterocycles. The van der Waals surface area contributed by atoms with Gasteiger partial charge in [0.1, 0.15) is 0 Å². The standard InChI is InChI=1S/C13H22N2OS/c1-9-13(17-11(3)14-9)8-15-7-5-4-6-12(15)10(2)16/h10,12,16H,4-8H2,1-3H3. The maximum absolute atomic E-state index is 9.85. The normalized spacial score (nSPS) is 23.9. The molecule has 2 rings (SSSR count). The zero-order valence-electron chi connectivity index (χ0n) is 10.9. The number of nitrogens with zero attached hydrogens (tertiary/aromatic N) is 2. The number of rotatable bonds is 3. The van der Waals surface area contributed by atoms with E-state index in [4.69, 9.17) is 0 Å². The van der Waals surface area contributed by atoms with Crippen LogP contribution in [-0.2, 0) is 6.54 Å². The van der Waals surface area contributed by atoms with Crippen molar-refractivity contribution in [1.29, 1.82) is 0 Å². The minimum absolute atomic E-state index is 0.232. The lowest BCUT2D eigenvalue weighted by Crippen LogP contribution is -2.45. The fourth-order valence-corrected chi connectivity index (χ4v) is 3.63. The molecule has 17 heavy (non-hydrogen) atoms. The molecule has 0 spiro atoms. The van der Waals surface area contributed by atoms with E-state index in [-0.39, 0.29) is 6.10 Å². The average Bonchev–Trinajstić information content (AvgIpc) is 2.58. The highest BCUT2D eigenvalue weighted by molar-refractivity contribution is 7.11. The largest absolute Gasteiger partial charge is 0.392 e. The second-order valence-electron chi connectivity index (χ2n) is 5.02. The molecule has 0 aliphatic carbocycles. The van der Waals surface area contributed by atoms with Gasteiger partial charge < -0.3 is 5.11 Å². The van der Waals surface area contributed by atoms with E-state index < -0.39 is 0 Å². The van der Waals surface area contributed by atoms with E-state index in [2.05, 4.69) is 23.7 Å². The molecular formula is C13H22N2OS. The van der Waals surface area contributed by atoms with Crippen molar-refractivity contribution in [3.8, 4) is 0 Å². The Hall–Kier alpha value is -0.450. The molecule has 1 aliphatic heterocycles. The van der Waals surface area contributed by atoms with E-state index in [1.54, 1.807) is 11.3 Å². The maximum Gasteiger partial charge on any atom is 0.0900 e. The molecular weight excluding hydrogens is 232 g/mol. The highest BCUT2D eigenvalue weighted by atomic mass is 32.1. The highest BCUT2D eigenvalue weighted by Crippen LogP contribution is 2.25. The monoisotopic (exact) mass is 254 g/mol. The summed E-state index contributed by atoms with van der Waals surface area (Å²) in [7, 11) is 0. The Morgan fingerprint density at radius 3 is 2.82 bits per heavy atom. The van der Waals surface area contributed by atoms with Crippen LogP contribution in [0.3, 0.4) is 0 Å². The minimum Gasteiger partial charge on any atom is -0.392 e. The van der Waals surface area contributed by atoms with Crippen molar-refractivity contribution in [2.75, 3.05) is 6.54 Å². The number of aliphatic hydroxyl groups excluding tert-OH is 1. The van der Waals surface area contributed by atoms with Gasteiger partial charge in [0, 0.05) is 17.5 Å². The molecule has 1 N–H and O–H groups in total. The van der Waals surface area contributed by atoms with Gasteiger partial charge in [0.2, 0.25) is 0 Å². The van der Waals surface area contributed by atoms with Gasteiger partial charge in [-0.15, -0.1) is 11.3 Å². The van der Waals surface area contributed by atoms with Gasteiger partial charge in [0.15, 0.2) is 0 Å². The van der Waals surface area contributed by atoms with Crippen LogP contribution in [0, 0.1) is 13.8 Å². The fraction of sp³-hybridized carbons (Fsp3) is 0.769. The Bertz CT molecular complexity index is 375. The summed E-state index contributed by atoms with van der Waals surface area (Å²) in [5.74, 6) is 0. The van der Waals surface area contributed by atoms with Crippen LogP contribution < -0.4 is 0 Å². The van der Waals surface area contributed by atoms with Crippen LogP contribution in [0.15, 0.2) is 0 Å². The lowest BCUT2D eigenvalue weighted by Gasteiger charge is -2.37. The molecule has 2 atom stereocenters. The van der Waals surface area contributed by atoms with Crippen molar-refractivity contribution in [1.82, 2.24) is 9.88 Å². The van der Waals surface area contributed by atoms with E-state index >= 15 is 0 Å². The molecule has 0 bridgehead atoms. The lowest BCUT2D eigenvalue weighted by molar-refractivity contribution is 0.0321. The Morgan fingerprint density at radius 2 is 2.24 bits per heavy atom. The summed E-state index contributed by atoms with van der Waals surface area (Å²) in [5.41, 5.74) is 1.16. The Kier molecular flexibility index (Phi) is 4.17. The molecule has 3 nitrogen and oxygen atoms in total. The number of aromatic nitrogens is 1. The molecule has 1 aliphatic rings. The van der Waals surface area contributed by atoms with Crippen molar-refractivity contribution in [3.63, 3.8) is 0 Å². The van der Waals surface area contributed by atoms with Crippen LogP contribution in [0.1, 0.15) is 41.8 Å². The second-order valence-corrected chi connectivity index (χ2v) is 6.30. The summed E-state index contributed by atoms with van der Waals surface area (Å²) >= 11 is 1.79. The molecule has 0 aromatic carbocycles. The van der Waals surface area contributed by atoms with Gasteiger partial charge in [-0.2, -0.15) is 0 Å². The van der Waals surface area contributed by atoms with Crippen LogP contribution >= 0.6 is 11.3 Å². The van der Waals surface area contributed by atoms with Crippen molar-refractivity contribution in [2.24, 2.45) is 0 Å². The minimum atomic E-state index is -0.232. The molecule has 1 saturated heterocycles. The van der Waals surface area contributed by atoms with Crippen molar-refractivity contribution in [2.45, 2.75) is 58.7 Å². The van der Waals surface area contributed by atoms with Gasteiger partial charge in [-0.1, -0.05) is 6.42 Å². The van der Waals surface area contributed by atoms with E-state index in [1.807, 2.05) is 6.92 Å². The van der Waals surface area contributed by atoms with Crippen molar-refractivity contribution >= 4 is 11.3 Å². The number of aliphatic hydroxyl groups is 1. The Labute approximate surface area is 107 Å². The molecule has 2 unspecified atom stereocenters. The Morgan fingerprint density at radius 1 is 1.47 bits per heavy atom. The lowest BCUT2D eigenvalue weighted by atomic mass is 9.98. The number of aryl methyl sites for hydroxylation is 2. The summed E-state index contributed by atoms with van der Waals surface area (Å²) in [5, 5.41) is 11.0. The molecule has 4 heteroatoms. The van der Waals surface area contributed by atoms with Gasteiger partial charge in [0.05, 0.1) is 16.8 Å². The van der Waals surface area contributed by atoms with Crippen LogP contribution in [0.5, 0.6) is 0 Å². The third-order valence-corrected chi connectivity index (χ3v) is 4.62. The molecule has 1 fully saturated rings. The molecule has 0 saturated carbocycles. The third-order valence-electron chi connectivity index (χ3n) is 3.57. The third kappa shape index (κ3) is 3.06. The first kappa shape index (κ1) is 13.0. The molecule has 96 valence electrons. The smallest absolute Gasteiger partial charge is 0.0900 e. The number of hydrogen-bond acceptors (Lipinski definition) is 4. The topological polar surface area (TPSA) is 36.4 Å². The van der Waals surface area contributed by atoms with E-state index in [1.165, 1.54) is 17.7 Å². The number of likely N-dealkylation sites (tertiary alicyclic amines) is 1. The van der Waals surface area contributed by atoms with Crippen LogP contribution in [0.2, 0.25) is 0 Å². The SMILES string of the molecule is Cc1nc(C)c(CN2CCCCC2C(C)O)s1. The quantitative estimate of drug-likeness (QED) is 0.900. The number of hydrogen-bond donors (Lipinski definition) is 1. The van der Waals surface area contributed by atoms with Crippen molar-refractivity contribution in [3.05, 3.63) is 15.6 Å². The zero-order chi connectivity index (χ0) is 12.4. The summed E-state index contributed by atoms with van der Waals surface area (Å²) < 4.78 is 0. The van der Waals surface area contributed by atoms with Crippen molar-refractivity contribution < 1.29 is 5.11 Å². The second kappa shape index (κ2) is 5.46. The van der Waals surface area contributed by atoms with Crippen LogP contribution in [0.4, 0.5) is 0 Å². The fourth-order valence-electron chi connectivity index (χ4n) is 2.66. The predicted molar refractivity (Wildman–Crippen MR) is 71.3 cm³/mol.